The normalized spacial score (nSPS) is 13.5. The van der Waals surface area contributed by atoms with E-state index >= 15 is 0 Å². The lowest BCUT2D eigenvalue weighted by atomic mass is 10.2. The second-order valence-corrected chi connectivity index (χ2v) is 6.41. The lowest BCUT2D eigenvalue weighted by molar-refractivity contribution is -0.127. The standard InChI is InChI=1S/C19H21FN4O4/c1-3-21-19(27)22-17(25)11(2)28-18(26)16-14-5-4-6-15(14)24(23-16)13-9-7-12(20)8-10-13/h7-11H,3-6H2,1-2H3,(H2,21,22,25,27). The van der Waals surface area contributed by atoms with Gasteiger partial charge in [0.2, 0.25) is 0 Å². The molecule has 0 bridgehead atoms. The van der Waals surface area contributed by atoms with Crippen molar-refractivity contribution in [1.29, 1.82) is 0 Å². The average molecular weight is 388 g/mol. The van der Waals surface area contributed by atoms with Crippen molar-refractivity contribution in [2.45, 2.75) is 39.2 Å². The molecular formula is C19H21FN4O4. The van der Waals surface area contributed by atoms with Gasteiger partial charge in [0.1, 0.15) is 5.82 Å². The highest BCUT2D eigenvalue weighted by atomic mass is 19.1. The highest BCUT2D eigenvalue weighted by Crippen LogP contribution is 2.28. The monoisotopic (exact) mass is 388 g/mol. The molecule has 0 aliphatic heterocycles. The Morgan fingerprint density at radius 1 is 1.25 bits per heavy atom. The predicted molar refractivity (Wildman–Crippen MR) is 97.6 cm³/mol. The van der Waals surface area contributed by atoms with E-state index in [2.05, 4.69) is 15.7 Å². The maximum absolute atomic E-state index is 13.2. The highest BCUT2D eigenvalue weighted by Gasteiger charge is 2.30. The fraction of sp³-hybridized carbons (Fsp3) is 0.368. The molecule has 0 spiro atoms. The van der Waals surface area contributed by atoms with Crippen molar-refractivity contribution in [3.63, 3.8) is 0 Å². The first-order chi connectivity index (χ1) is 13.4. The molecule has 3 amide bonds. The van der Waals surface area contributed by atoms with E-state index in [1.165, 1.54) is 19.1 Å². The molecule has 0 radical (unpaired) electrons. The zero-order valence-corrected chi connectivity index (χ0v) is 15.6. The quantitative estimate of drug-likeness (QED) is 0.762. The number of hydrogen-bond donors (Lipinski definition) is 2. The second kappa shape index (κ2) is 8.20. The molecule has 9 heteroatoms. The number of benzene rings is 1. The zero-order valence-electron chi connectivity index (χ0n) is 15.6. The van der Waals surface area contributed by atoms with Crippen LogP contribution in [0.2, 0.25) is 0 Å². The minimum Gasteiger partial charge on any atom is -0.448 e. The van der Waals surface area contributed by atoms with Gasteiger partial charge in [-0.05, 0) is 57.4 Å². The summed E-state index contributed by atoms with van der Waals surface area (Å²) in [4.78, 5) is 36.0. The Balaban J connectivity index is 1.77. The van der Waals surface area contributed by atoms with Gasteiger partial charge in [0.05, 0.1) is 5.69 Å². The SMILES string of the molecule is CCNC(=O)NC(=O)C(C)OC(=O)c1nn(-c2ccc(F)cc2)c2c1CCC2. The molecule has 0 fully saturated rings. The first kappa shape index (κ1) is 19.5. The van der Waals surface area contributed by atoms with E-state index in [0.29, 0.717) is 18.7 Å². The van der Waals surface area contributed by atoms with E-state index in [4.69, 9.17) is 4.74 Å². The summed E-state index contributed by atoms with van der Waals surface area (Å²) < 4.78 is 20.0. The van der Waals surface area contributed by atoms with Gasteiger partial charge < -0.3 is 10.1 Å². The Labute approximate surface area is 161 Å². The van der Waals surface area contributed by atoms with Crippen LogP contribution in [0.25, 0.3) is 5.69 Å². The fourth-order valence-corrected chi connectivity index (χ4v) is 3.09. The molecule has 8 nitrogen and oxygen atoms in total. The van der Waals surface area contributed by atoms with Crippen LogP contribution in [0.4, 0.5) is 9.18 Å². The average Bonchev–Trinajstić information content (AvgIpc) is 3.25. The summed E-state index contributed by atoms with van der Waals surface area (Å²) in [6.07, 6.45) is 1.10. The van der Waals surface area contributed by atoms with Crippen LogP contribution in [-0.4, -0.2) is 40.3 Å². The summed E-state index contributed by atoms with van der Waals surface area (Å²) in [5, 5.41) is 8.86. The van der Waals surface area contributed by atoms with Gasteiger partial charge in [-0.1, -0.05) is 0 Å². The topological polar surface area (TPSA) is 102 Å². The van der Waals surface area contributed by atoms with Gasteiger partial charge >= 0.3 is 12.0 Å². The van der Waals surface area contributed by atoms with Crippen LogP contribution >= 0.6 is 0 Å². The van der Waals surface area contributed by atoms with E-state index in [-0.39, 0.29) is 11.5 Å². The maximum Gasteiger partial charge on any atom is 0.359 e. The predicted octanol–water partition coefficient (Wildman–Crippen LogP) is 1.89. The van der Waals surface area contributed by atoms with Crippen LogP contribution in [0.3, 0.4) is 0 Å². The Morgan fingerprint density at radius 3 is 2.64 bits per heavy atom. The van der Waals surface area contributed by atoms with E-state index < -0.39 is 24.0 Å². The Bertz CT molecular complexity index is 907. The third-order valence-electron chi connectivity index (χ3n) is 4.42. The van der Waals surface area contributed by atoms with Gasteiger partial charge in [-0.3, -0.25) is 10.1 Å². The summed E-state index contributed by atoms with van der Waals surface area (Å²) in [6, 6.07) is 5.15. The molecule has 1 aromatic carbocycles. The number of hydrogen-bond acceptors (Lipinski definition) is 5. The zero-order chi connectivity index (χ0) is 20.3. The molecule has 1 aliphatic rings. The third kappa shape index (κ3) is 4.03. The molecule has 3 rings (SSSR count). The van der Waals surface area contributed by atoms with Gasteiger partial charge in [0.25, 0.3) is 5.91 Å². The van der Waals surface area contributed by atoms with Crippen molar-refractivity contribution in [3.8, 4) is 5.69 Å². The smallest absolute Gasteiger partial charge is 0.359 e. The van der Waals surface area contributed by atoms with Gasteiger partial charge in [-0.2, -0.15) is 5.10 Å². The third-order valence-corrected chi connectivity index (χ3v) is 4.42. The van der Waals surface area contributed by atoms with Crippen LogP contribution in [-0.2, 0) is 22.4 Å². The molecule has 0 saturated heterocycles. The van der Waals surface area contributed by atoms with E-state index in [1.807, 2.05) is 0 Å². The van der Waals surface area contributed by atoms with Crippen molar-refractivity contribution in [3.05, 3.63) is 47.0 Å². The van der Waals surface area contributed by atoms with Crippen LogP contribution in [0.1, 0.15) is 42.0 Å². The summed E-state index contributed by atoms with van der Waals surface area (Å²) in [5.41, 5.74) is 2.42. The molecule has 1 aromatic heterocycles. The molecule has 1 aliphatic carbocycles. The van der Waals surface area contributed by atoms with Crippen molar-refractivity contribution < 1.29 is 23.5 Å². The largest absolute Gasteiger partial charge is 0.448 e. The molecule has 2 N–H and O–H groups in total. The van der Waals surface area contributed by atoms with Crippen molar-refractivity contribution in [2.24, 2.45) is 0 Å². The first-order valence-corrected chi connectivity index (χ1v) is 9.07. The van der Waals surface area contributed by atoms with Crippen LogP contribution in [0.15, 0.2) is 24.3 Å². The maximum atomic E-state index is 13.2. The summed E-state index contributed by atoms with van der Waals surface area (Å²) >= 11 is 0. The minimum atomic E-state index is -1.16. The number of nitrogens with one attached hydrogen (secondary N) is 2. The van der Waals surface area contributed by atoms with Gasteiger partial charge in [-0.15, -0.1) is 0 Å². The Kier molecular flexibility index (Phi) is 5.72. The van der Waals surface area contributed by atoms with Gasteiger partial charge in [0.15, 0.2) is 11.8 Å². The number of rotatable bonds is 5. The minimum absolute atomic E-state index is 0.134. The second-order valence-electron chi connectivity index (χ2n) is 6.41. The number of esters is 1. The first-order valence-electron chi connectivity index (χ1n) is 9.07. The highest BCUT2D eigenvalue weighted by molar-refractivity contribution is 5.98. The van der Waals surface area contributed by atoms with Crippen molar-refractivity contribution >= 4 is 17.9 Å². The van der Waals surface area contributed by atoms with Crippen molar-refractivity contribution in [1.82, 2.24) is 20.4 Å². The summed E-state index contributed by atoms with van der Waals surface area (Å²) in [7, 11) is 0. The number of aromatic nitrogens is 2. The summed E-state index contributed by atoms with van der Waals surface area (Å²) in [5.74, 6) is -1.83. The lowest BCUT2D eigenvalue weighted by Crippen LogP contribution is -2.44. The van der Waals surface area contributed by atoms with Crippen LogP contribution in [0.5, 0.6) is 0 Å². The van der Waals surface area contributed by atoms with Gasteiger partial charge in [-0.25, -0.2) is 18.7 Å². The molecule has 28 heavy (non-hydrogen) atoms. The van der Waals surface area contributed by atoms with Crippen molar-refractivity contribution in [2.75, 3.05) is 6.54 Å². The molecule has 148 valence electrons. The molecule has 1 unspecified atom stereocenters. The molecule has 1 atom stereocenters. The number of carbonyl (C=O) groups excluding carboxylic acids is 3. The molecule has 2 aromatic rings. The van der Waals surface area contributed by atoms with E-state index in [0.717, 1.165) is 24.1 Å². The Hall–Kier alpha value is -3.23. The lowest BCUT2D eigenvalue weighted by Gasteiger charge is -2.12. The molecule has 0 saturated carbocycles. The Morgan fingerprint density at radius 2 is 1.96 bits per heavy atom. The van der Waals surface area contributed by atoms with E-state index in [1.54, 1.807) is 23.7 Å². The molecule has 1 heterocycles. The number of imide groups is 1. The number of fused-ring (bicyclic) bond motifs is 1. The van der Waals surface area contributed by atoms with Crippen LogP contribution < -0.4 is 10.6 Å². The van der Waals surface area contributed by atoms with E-state index in [9.17, 15) is 18.8 Å². The van der Waals surface area contributed by atoms with Gasteiger partial charge in [0, 0.05) is 17.8 Å². The fourth-order valence-electron chi connectivity index (χ4n) is 3.09. The number of ether oxygens (including phenoxy) is 1. The summed E-state index contributed by atoms with van der Waals surface area (Å²) in [6.45, 7) is 3.45. The number of carbonyl (C=O) groups is 3. The van der Waals surface area contributed by atoms with Crippen LogP contribution in [0, 0.1) is 5.82 Å². The number of urea groups is 1. The number of halogens is 1. The number of amides is 3. The number of nitrogens with zero attached hydrogens (tertiary/aromatic N) is 2. The molecular weight excluding hydrogens is 367 g/mol.